The van der Waals surface area contributed by atoms with Crippen molar-refractivity contribution in [3.05, 3.63) is 106 Å². The number of amides is 2. The molecule has 0 saturated heterocycles. The molecule has 1 aliphatic heterocycles. The maximum atomic E-state index is 13.4. The Morgan fingerprint density at radius 2 is 1.58 bits per heavy atom. The van der Waals surface area contributed by atoms with Gasteiger partial charge in [-0.05, 0) is 47.5 Å². The molecule has 8 heteroatoms. The third kappa shape index (κ3) is 3.78. The lowest BCUT2D eigenvalue weighted by molar-refractivity contribution is -0.384. The number of likely N-dealkylation sites (N-methyl/N-ethyl adjacent to an activating group) is 1. The number of nitro groups is 1. The van der Waals surface area contributed by atoms with Crippen LogP contribution in [0.15, 0.2) is 84.8 Å². The van der Waals surface area contributed by atoms with Gasteiger partial charge in [0.2, 0.25) is 0 Å². The summed E-state index contributed by atoms with van der Waals surface area (Å²) in [5, 5.41) is 11.0. The highest BCUT2D eigenvalue weighted by Gasteiger charge is 2.41. The molecule has 0 radical (unpaired) electrons. The van der Waals surface area contributed by atoms with Gasteiger partial charge in [-0.2, -0.15) is 0 Å². The van der Waals surface area contributed by atoms with Crippen LogP contribution >= 0.6 is 0 Å². The first-order valence-electron chi connectivity index (χ1n) is 9.50. The zero-order valence-electron chi connectivity index (χ0n) is 16.6. The van der Waals surface area contributed by atoms with Crippen LogP contribution < -0.4 is 4.90 Å². The van der Waals surface area contributed by atoms with E-state index in [2.05, 4.69) is 4.98 Å². The van der Waals surface area contributed by atoms with Crippen molar-refractivity contribution >= 4 is 28.8 Å². The Bertz CT molecular complexity index is 1180. The normalized spacial score (nSPS) is 13.6. The van der Waals surface area contributed by atoms with Crippen molar-refractivity contribution in [1.82, 2.24) is 9.88 Å². The van der Waals surface area contributed by atoms with Gasteiger partial charge in [0.05, 0.1) is 17.0 Å². The second-order valence-electron chi connectivity index (χ2n) is 6.97. The monoisotopic (exact) mass is 414 g/mol. The van der Waals surface area contributed by atoms with E-state index in [-0.39, 0.29) is 23.5 Å². The van der Waals surface area contributed by atoms with Gasteiger partial charge in [0.25, 0.3) is 17.5 Å². The quantitative estimate of drug-likeness (QED) is 0.348. The molecule has 0 N–H and O–H groups in total. The van der Waals surface area contributed by atoms with Crippen molar-refractivity contribution in [1.29, 1.82) is 0 Å². The minimum atomic E-state index is -0.507. The van der Waals surface area contributed by atoms with E-state index in [0.717, 1.165) is 11.3 Å². The van der Waals surface area contributed by atoms with Crippen LogP contribution in [0.25, 0.3) is 5.57 Å². The lowest BCUT2D eigenvalue weighted by atomic mass is 10.0. The Balaban J connectivity index is 1.79. The smallest absolute Gasteiger partial charge is 0.278 e. The van der Waals surface area contributed by atoms with Gasteiger partial charge >= 0.3 is 0 Å². The van der Waals surface area contributed by atoms with E-state index in [0.29, 0.717) is 5.56 Å². The minimum absolute atomic E-state index is 0.0901. The Morgan fingerprint density at radius 1 is 0.935 bits per heavy atom. The predicted octanol–water partition coefficient (Wildman–Crippen LogP) is 3.41. The van der Waals surface area contributed by atoms with Gasteiger partial charge in [0.1, 0.15) is 5.70 Å². The van der Waals surface area contributed by atoms with Gasteiger partial charge in [-0.1, -0.05) is 18.2 Å². The number of hydrogen-bond acceptors (Lipinski definition) is 6. The summed E-state index contributed by atoms with van der Waals surface area (Å²) in [7, 11) is 1.72. The fourth-order valence-corrected chi connectivity index (χ4v) is 3.48. The summed E-state index contributed by atoms with van der Waals surface area (Å²) >= 11 is 0. The molecule has 1 aliphatic rings. The number of nitrogens with zero attached hydrogens (tertiary/aromatic N) is 4. The van der Waals surface area contributed by atoms with Crippen LogP contribution in [0.2, 0.25) is 0 Å². The number of carbonyl (C=O) groups is 2. The number of imide groups is 1. The molecule has 2 heterocycles. The number of carbonyl (C=O) groups excluding carboxylic acids is 2. The van der Waals surface area contributed by atoms with Gasteiger partial charge in [-0.3, -0.25) is 29.6 Å². The molecule has 0 atom stereocenters. The molecule has 2 amide bonds. The third-order valence-electron chi connectivity index (χ3n) is 5.08. The van der Waals surface area contributed by atoms with Gasteiger partial charge in [-0.15, -0.1) is 0 Å². The average molecular weight is 414 g/mol. The van der Waals surface area contributed by atoms with Crippen LogP contribution in [0.1, 0.15) is 11.1 Å². The van der Waals surface area contributed by atoms with E-state index in [1.165, 1.54) is 29.2 Å². The number of hydrogen-bond donors (Lipinski definition) is 0. The summed E-state index contributed by atoms with van der Waals surface area (Å²) in [6.07, 6.45) is 3.20. The maximum Gasteiger partial charge on any atom is 0.278 e. The Morgan fingerprint density at radius 3 is 2.19 bits per heavy atom. The lowest BCUT2D eigenvalue weighted by Gasteiger charge is -2.21. The molecule has 31 heavy (non-hydrogen) atoms. The molecule has 0 spiro atoms. The van der Waals surface area contributed by atoms with Gasteiger partial charge < -0.3 is 4.90 Å². The highest BCUT2D eigenvalue weighted by atomic mass is 16.6. The molecule has 0 bridgehead atoms. The molecular weight excluding hydrogens is 396 g/mol. The van der Waals surface area contributed by atoms with Crippen molar-refractivity contribution in [3.63, 3.8) is 0 Å². The van der Waals surface area contributed by atoms with Gasteiger partial charge in [0, 0.05) is 37.3 Å². The van der Waals surface area contributed by atoms with E-state index < -0.39 is 16.7 Å². The van der Waals surface area contributed by atoms with Crippen molar-refractivity contribution in [2.24, 2.45) is 0 Å². The fourth-order valence-electron chi connectivity index (χ4n) is 3.48. The zero-order chi connectivity index (χ0) is 22.0. The van der Waals surface area contributed by atoms with Crippen molar-refractivity contribution < 1.29 is 14.5 Å². The van der Waals surface area contributed by atoms with E-state index in [9.17, 15) is 19.7 Å². The summed E-state index contributed by atoms with van der Waals surface area (Å²) in [5.41, 5.74) is 2.29. The van der Waals surface area contributed by atoms with Crippen LogP contribution in [0, 0.1) is 10.1 Å². The molecule has 3 aromatic rings. The second kappa shape index (κ2) is 8.19. The predicted molar refractivity (Wildman–Crippen MR) is 115 cm³/mol. The van der Waals surface area contributed by atoms with Crippen LogP contribution in [-0.4, -0.2) is 33.7 Å². The molecular formula is C23H18N4O4. The summed E-state index contributed by atoms with van der Waals surface area (Å²) in [5.74, 6) is -0.880. The molecule has 8 nitrogen and oxygen atoms in total. The van der Waals surface area contributed by atoms with Crippen LogP contribution in [0.5, 0.6) is 0 Å². The standard InChI is InChI=1S/C23H18N4O4/c1-25(18-5-3-2-4-6-18)21-20(17-7-9-19(10-8-17)27(30)31)22(28)26(23(21)29)15-16-11-13-24-14-12-16/h2-14H,15H2,1H3. The number of rotatable bonds is 6. The Hall–Kier alpha value is -4.33. The lowest BCUT2D eigenvalue weighted by Crippen LogP contribution is -2.33. The van der Waals surface area contributed by atoms with E-state index in [1.54, 1.807) is 36.5 Å². The highest BCUT2D eigenvalue weighted by Crippen LogP contribution is 2.34. The van der Waals surface area contributed by atoms with Crippen molar-refractivity contribution in [2.45, 2.75) is 6.54 Å². The van der Waals surface area contributed by atoms with Crippen LogP contribution in [-0.2, 0) is 16.1 Å². The number of nitro benzene ring substituents is 1. The molecule has 4 rings (SSSR count). The minimum Gasteiger partial charge on any atom is -0.339 e. The van der Waals surface area contributed by atoms with Gasteiger partial charge in [-0.25, -0.2) is 0 Å². The van der Waals surface area contributed by atoms with E-state index >= 15 is 0 Å². The van der Waals surface area contributed by atoms with E-state index in [4.69, 9.17) is 0 Å². The third-order valence-corrected chi connectivity index (χ3v) is 5.08. The summed E-state index contributed by atoms with van der Waals surface area (Å²) in [6, 6.07) is 18.3. The molecule has 2 aromatic carbocycles. The second-order valence-corrected chi connectivity index (χ2v) is 6.97. The number of non-ortho nitro benzene ring substituents is 1. The molecule has 154 valence electrons. The molecule has 1 aromatic heterocycles. The number of para-hydroxylation sites is 1. The number of anilines is 1. The first-order valence-corrected chi connectivity index (χ1v) is 9.50. The van der Waals surface area contributed by atoms with Crippen molar-refractivity contribution in [3.8, 4) is 0 Å². The largest absolute Gasteiger partial charge is 0.339 e. The average Bonchev–Trinajstić information content (AvgIpc) is 3.04. The zero-order valence-corrected chi connectivity index (χ0v) is 16.6. The summed E-state index contributed by atoms with van der Waals surface area (Å²) in [6.45, 7) is 0.1000. The first kappa shape index (κ1) is 20.0. The van der Waals surface area contributed by atoms with Gasteiger partial charge in [0.15, 0.2) is 0 Å². The summed E-state index contributed by atoms with van der Waals surface area (Å²) in [4.78, 5) is 44.1. The summed E-state index contributed by atoms with van der Waals surface area (Å²) < 4.78 is 0. The Kier molecular flexibility index (Phi) is 5.28. The van der Waals surface area contributed by atoms with Crippen molar-refractivity contribution in [2.75, 3.05) is 11.9 Å². The van der Waals surface area contributed by atoms with Crippen LogP contribution in [0.4, 0.5) is 11.4 Å². The highest BCUT2D eigenvalue weighted by molar-refractivity contribution is 6.36. The molecule has 0 unspecified atom stereocenters. The Labute approximate surface area is 178 Å². The maximum absolute atomic E-state index is 13.4. The molecule has 0 saturated carbocycles. The number of pyridine rings is 1. The van der Waals surface area contributed by atoms with Crippen LogP contribution in [0.3, 0.4) is 0 Å². The molecule has 0 fully saturated rings. The SMILES string of the molecule is CN(C1=C(c2ccc([N+](=O)[O-])cc2)C(=O)N(Cc2ccncc2)C1=O)c1ccccc1. The number of benzene rings is 2. The number of aromatic nitrogens is 1. The first-order chi connectivity index (χ1) is 15.0. The topological polar surface area (TPSA) is 96.7 Å². The van der Waals surface area contributed by atoms with E-state index in [1.807, 2.05) is 30.3 Å². The molecule has 0 aliphatic carbocycles. The fraction of sp³-hybridized carbons (Fsp3) is 0.0870.